The van der Waals surface area contributed by atoms with Crippen molar-refractivity contribution in [3.8, 4) is 0 Å². The van der Waals surface area contributed by atoms with E-state index < -0.39 is 5.97 Å². The lowest BCUT2D eigenvalue weighted by Gasteiger charge is -1.94. The number of hydrogen-bond donors (Lipinski definition) is 3. The van der Waals surface area contributed by atoms with Gasteiger partial charge in [0.1, 0.15) is 5.82 Å². The van der Waals surface area contributed by atoms with E-state index in [2.05, 4.69) is 17.6 Å². The number of aromatic nitrogens is 1. The average Bonchev–Trinajstić information content (AvgIpc) is 2.61. The van der Waals surface area contributed by atoms with Gasteiger partial charge >= 0.3 is 5.97 Å². The summed E-state index contributed by atoms with van der Waals surface area (Å²) < 4.78 is 13.0. The van der Waals surface area contributed by atoms with Crippen LogP contribution in [0.4, 0.5) is 4.39 Å². The van der Waals surface area contributed by atoms with Crippen molar-refractivity contribution in [2.45, 2.75) is 7.43 Å². The third-order valence-corrected chi connectivity index (χ3v) is 2.51. The number of fused-ring (bicyclic) bond motifs is 1. The van der Waals surface area contributed by atoms with Gasteiger partial charge in [0.25, 0.3) is 0 Å². The number of hydrogen-bond acceptors (Lipinski definition) is 2. The van der Waals surface area contributed by atoms with Crippen LogP contribution in [0.3, 0.4) is 0 Å². The lowest BCUT2D eigenvalue weighted by atomic mass is 10.1. The van der Waals surface area contributed by atoms with E-state index in [9.17, 15) is 9.18 Å². The standard InChI is InChI=1S/C11H8FNO2S.CH4/c12-7-1-2-9-8(4-7)6(5-13-9)3-10(16)11(14)15;/h1-5,13,16H,(H,14,15);1H4/b10-3-;. The first kappa shape index (κ1) is 13.3. The molecular weight excluding hydrogens is 241 g/mol. The summed E-state index contributed by atoms with van der Waals surface area (Å²) in [4.78, 5) is 13.4. The number of benzene rings is 1. The molecule has 2 N–H and O–H groups in total. The van der Waals surface area contributed by atoms with E-state index in [0.29, 0.717) is 10.9 Å². The Bertz CT molecular complexity index is 589. The van der Waals surface area contributed by atoms with Crippen molar-refractivity contribution in [3.05, 3.63) is 40.7 Å². The molecule has 0 saturated heterocycles. The van der Waals surface area contributed by atoms with Crippen molar-refractivity contribution in [1.82, 2.24) is 4.98 Å². The quantitative estimate of drug-likeness (QED) is 0.568. The fourth-order valence-corrected chi connectivity index (χ4v) is 1.58. The first-order chi connectivity index (χ1) is 7.58. The van der Waals surface area contributed by atoms with Crippen molar-refractivity contribution in [1.29, 1.82) is 0 Å². The van der Waals surface area contributed by atoms with Crippen molar-refractivity contribution < 1.29 is 14.3 Å². The predicted molar refractivity (Wildman–Crippen MR) is 69.6 cm³/mol. The van der Waals surface area contributed by atoms with Crippen LogP contribution in [0.15, 0.2) is 29.3 Å². The Morgan fingerprint density at radius 3 is 2.82 bits per heavy atom. The molecule has 0 aliphatic carbocycles. The highest BCUT2D eigenvalue weighted by molar-refractivity contribution is 7.85. The first-order valence-corrected chi connectivity index (χ1v) is 4.93. The third-order valence-electron chi connectivity index (χ3n) is 2.19. The second-order valence-corrected chi connectivity index (χ2v) is 3.75. The molecule has 0 unspecified atom stereocenters. The Morgan fingerprint density at radius 2 is 2.18 bits per heavy atom. The van der Waals surface area contributed by atoms with Crippen molar-refractivity contribution in [3.63, 3.8) is 0 Å². The molecule has 1 heterocycles. The zero-order valence-electron chi connectivity index (χ0n) is 8.07. The van der Waals surface area contributed by atoms with E-state index in [-0.39, 0.29) is 18.1 Å². The molecule has 0 spiro atoms. The Kier molecular flexibility index (Phi) is 3.96. The highest BCUT2D eigenvalue weighted by atomic mass is 32.1. The maximum Gasteiger partial charge on any atom is 0.341 e. The Labute approximate surface area is 103 Å². The minimum atomic E-state index is -1.12. The summed E-state index contributed by atoms with van der Waals surface area (Å²) in [6.45, 7) is 0. The van der Waals surface area contributed by atoms with E-state index in [4.69, 9.17) is 5.11 Å². The van der Waals surface area contributed by atoms with Crippen LogP contribution in [0, 0.1) is 5.82 Å². The van der Waals surface area contributed by atoms with Crippen LogP contribution >= 0.6 is 12.6 Å². The number of aliphatic carboxylic acids is 1. The summed E-state index contributed by atoms with van der Waals surface area (Å²) in [5.41, 5.74) is 1.35. The minimum absolute atomic E-state index is 0. The maximum atomic E-state index is 13.0. The van der Waals surface area contributed by atoms with Gasteiger partial charge in [-0.1, -0.05) is 7.43 Å². The molecule has 17 heavy (non-hydrogen) atoms. The zero-order chi connectivity index (χ0) is 11.7. The van der Waals surface area contributed by atoms with Crippen molar-refractivity contribution >= 4 is 35.6 Å². The molecule has 0 fully saturated rings. The largest absolute Gasteiger partial charge is 0.477 e. The van der Waals surface area contributed by atoms with E-state index in [0.717, 1.165) is 5.52 Å². The number of halogens is 1. The predicted octanol–water partition coefficient (Wildman–Crippen LogP) is 3.30. The highest BCUT2D eigenvalue weighted by Crippen LogP contribution is 2.22. The molecule has 2 rings (SSSR count). The number of carbonyl (C=O) groups is 1. The van der Waals surface area contributed by atoms with Crippen LogP contribution in [0.2, 0.25) is 0 Å². The number of carboxylic acid groups (broad SMARTS) is 1. The number of H-pyrrole nitrogens is 1. The monoisotopic (exact) mass is 253 g/mol. The zero-order valence-corrected chi connectivity index (χ0v) is 8.96. The molecule has 1 aromatic heterocycles. The molecule has 90 valence electrons. The summed E-state index contributed by atoms with van der Waals surface area (Å²) in [6.07, 6.45) is 2.99. The second kappa shape index (κ2) is 5.05. The van der Waals surface area contributed by atoms with Gasteiger partial charge in [0.2, 0.25) is 0 Å². The molecule has 0 aliphatic heterocycles. The van der Waals surface area contributed by atoms with Crippen LogP contribution in [0.25, 0.3) is 17.0 Å². The van der Waals surface area contributed by atoms with Crippen LogP contribution in [-0.2, 0) is 4.79 Å². The first-order valence-electron chi connectivity index (χ1n) is 4.48. The number of aromatic amines is 1. The molecule has 0 atom stereocenters. The highest BCUT2D eigenvalue weighted by Gasteiger charge is 2.06. The number of nitrogens with one attached hydrogen (secondary N) is 1. The average molecular weight is 253 g/mol. The summed E-state index contributed by atoms with van der Waals surface area (Å²) in [7, 11) is 0. The van der Waals surface area contributed by atoms with Crippen molar-refractivity contribution in [2.24, 2.45) is 0 Å². The topological polar surface area (TPSA) is 53.1 Å². The fraction of sp³-hybridized carbons (Fsp3) is 0.0833. The summed E-state index contributed by atoms with van der Waals surface area (Å²) in [5, 5.41) is 9.31. The molecule has 0 bridgehead atoms. The van der Waals surface area contributed by atoms with Gasteiger partial charge in [-0.05, 0) is 24.3 Å². The molecule has 0 aliphatic rings. The maximum absolute atomic E-state index is 13.0. The second-order valence-electron chi connectivity index (χ2n) is 3.27. The molecule has 5 heteroatoms. The van der Waals surface area contributed by atoms with Crippen LogP contribution in [-0.4, -0.2) is 16.1 Å². The van der Waals surface area contributed by atoms with E-state index in [1.165, 1.54) is 18.2 Å². The molecule has 3 nitrogen and oxygen atoms in total. The molecule has 0 amide bonds. The Balaban J connectivity index is 0.00000144. The lowest BCUT2D eigenvalue weighted by molar-refractivity contribution is -0.131. The minimum Gasteiger partial charge on any atom is -0.477 e. The van der Waals surface area contributed by atoms with E-state index in [1.807, 2.05) is 0 Å². The third kappa shape index (κ3) is 2.68. The molecule has 1 aromatic carbocycles. The molecule has 0 radical (unpaired) electrons. The summed E-state index contributed by atoms with van der Waals surface area (Å²) >= 11 is 3.82. The molecule has 2 aromatic rings. The van der Waals surface area contributed by atoms with Gasteiger partial charge < -0.3 is 10.1 Å². The fourth-order valence-electron chi connectivity index (χ4n) is 1.44. The Morgan fingerprint density at radius 1 is 1.47 bits per heavy atom. The summed E-state index contributed by atoms with van der Waals surface area (Å²) in [5.74, 6) is -1.48. The lowest BCUT2D eigenvalue weighted by Crippen LogP contribution is -1.92. The van der Waals surface area contributed by atoms with Gasteiger partial charge in [-0.15, -0.1) is 12.6 Å². The smallest absolute Gasteiger partial charge is 0.341 e. The number of carboxylic acids is 1. The SMILES string of the molecule is C.O=C(O)/C(S)=C/c1c[nH]c2ccc(F)cc12. The number of thiol groups is 1. The van der Waals surface area contributed by atoms with Crippen LogP contribution in [0.5, 0.6) is 0 Å². The van der Waals surface area contributed by atoms with Crippen LogP contribution < -0.4 is 0 Å². The Hall–Kier alpha value is -1.75. The van der Waals surface area contributed by atoms with Gasteiger partial charge in [-0.2, -0.15) is 0 Å². The van der Waals surface area contributed by atoms with Crippen LogP contribution in [0.1, 0.15) is 13.0 Å². The summed E-state index contributed by atoms with van der Waals surface area (Å²) in [6, 6.07) is 4.28. The molecular formula is C12H12FNO2S. The van der Waals surface area contributed by atoms with E-state index in [1.54, 1.807) is 12.3 Å². The van der Waals surface area contributed by atoms with Gasteiger partial charge in [-0.3, -0.25) is 0 Å². The van der Waals surface area contributed by atoms with E-state index >= 15 is 0 Å². The normalized spacial score (nSPS) is 11.3. The van der Waals surface area contributed by atoms with Gasteiger partial charge in [-0.25, -0.2) is 9.18 Å². The number of rotatable bonds is 2. The van der Waals surface area contributed by atoms with Crippen molar-refractivity contribution in [2.75, 3.05) is 0 Å². The van der Waals surface area contributed by atoms with Gasteiger partial charge in [0.05, 0.1) is 4.91 Å². The molecule has 0 saturated carbocycles. The van der Waals surface area contributed by atoms with Gasteiger partial charge in [0, 0.05) is 22.7 Å². The van der Waals surface area contributed by atoms with Gasteiger partial charge in [0.15, 0.2) is 0 Å².